The Morgan fingerprint density at radius 3 is 2.85 bits per heavy atom. The smallest absolute Gasteiger partial charge is 0.313 e. The van der Waals surface area contributed by atoms with E-state index in [2.05, 4.69) is 5.32 Å². The van der Waals surface area contributed by atoms with Gasteiger partial charge in [-0.25, -0.2) is 4.39 Å². The molecule has 0 spiro atoms. The van der Waals surface area contributed by atoms with Gasteiger partial charge in [-0.3, -0.25) is 9.59 Å². The van der Waals surface area contributed by atoms with Gasteiger partial charge in [0.2, 0.25) is 0 Å². The normalized spacial score (nSPS) is 16.8. The zero-order valence-electron chi connectivity index (χ0n) is 14.0. The van der Waals surface area contributed by atoms with Crippen molar-refractivity contribution in [2.45, 2.75) is 19.4 Å². The van der Waals surface area contributed by atoms with Crippen LogP contribution in [0.1, 0.15) is 12.5 Å². The minimum Gasteiger partial charge on any atom is -0.492 e. The third kappa shape index (κ3) is 4.14. The lowest BCUT2D eigenvalue weighted by atomic mass is 9.97. The number of fused-ring (bicyclic) bond motifs is 1. The highest BCUT2D eigenvalue weighted by molar-refractivity contribution is 6.30. The Labute approximate surface area is 155 Å². The molecule has 1 amide bonds. The fourth-order valence-corrected chi connectivity index (χ4v) is 2.83. The Morgan fingerprint density at radius 1 is 1.31 bits per heavy atom. The van der Waals surface area contributed by atoms with Crippen molar-refractivity contribution in [1.29, 1.82) is 0 Å². The van der Waals surface area contributed by atoms with Crippen molar-refractivity contribution in [1.82, 2.24) is 0 Å². The SMILES string of the molecule is C[C@H](OC(=O)[C@H]1COc2ccc(Cl)cc2C1)C(=O)Nc1ccccc1F. The maximum atomic E-state index is 13.6. The first-order valence-corrected chi connectivity index (χ1v) is 8.49. The van der Waals surface area contributed by atoms with Crippen LogP contribution in [0.5, 0.6) is 5.75 Å². The fraction of sp³-hybridized carbons (Fsp3) is 0.263. The maximum Gasteiger partial charge on any atom is 0.313 e. The summed E-state index contributed by atoms with van der Waals surface area (Å²) < 4.78 is 24.4. The molecule has 26 heavy (non-hydrogen) atoms. The molecule has 5 nitrogen and oxygen atoms in total. The molecule has 0 bridgehead atoms. The van der Waals surface area contributed by atoms with Crippen LogP contribution >= 0.6 is 11.6 Å². The molecule has 0 radical (unpaired) electrons. The van der Waals surface area contributed by atoms with Gasteiger partial charge in [0.15, 0.2) is 6.10 Å². The van der Waals surface area contributed by atoms with Gasteiger partial charge in [0.25, 0.3) is 5.91 Å². The molecule has 7 heteroatoms. The van der Waals surface area contributed by atoms with Gasteiger partial charge < -0.3 is 14.8 Å². The van der Waals surface area contributed by atoms with Crippen molar-refractivity contribution in [2.24, 2.45) is 5.92 Å². The number of benzene rings is 2. The van der Waals surface area contributed by atoms with Crippen molar-refractivity contribution < 1.29 is 23.5 Å². The van der Waals surface area contributed by atoms with E-state index in [4.69, 9.17) is 21.1 Å². The highest BCUT2D eigenvalue weighted by Gasteiger charge is 2.30. The summed E-state index contributed by atoms with van der Waals surface area (Å²) in [6, 6.07) is 11.0. The number of ether oxygens (including phenoxy) is 2. The molecule has 1 aliphatic heterocycles. The Balaban J connectivity index is 1.59. The first-order chi connectivity index (χ1) is 12.4. The van der Waals surface area contributed by atoms with E-state index in [1.54, 1.807) is 24.3 Å². The van der Waals surface area contributed by atoms with Gasteiger partial charge in [-0.1, -0.05) is 23.7 Å². The van der Waals surface area contributed by atoms with E-state index in [-0.39, 0.29) is 12.3 Å². The van der Waals surface area contributed by atoms with Gasteiger partial charge in [0.1, 0.15) is 18.2 Å². The molecule has 0 saturated heterocycles. The summed E-state index contributed by atoms with van der Waals surface area (Å²) in [5.41, 5.74) is 0.846. The fourth-order valence-electron chi connectivity index (χ4n) is 2.64. The average Bonchev–Trinajstić information content (AvgIpc) is 2.62. The molecule has 0 aliphatic carbocycles. The molecule has 136 valence electrons. The van der Waals surface area contributed by atoms with Crippen LogP contribution in [0.3, 0.4) is 0 Å². The predicted octanol–water partition coefficient (Wildman–Crippen LogP) is 3.60. The van der Waals surface area contributed by atoms with Crippen LogP contribution in [0, 0.1) is 11.7 Å². The summed E-state index contributed by atoms with van der Waals surface area (Å²) in [5.74, 6) is -1.57. The number of halogens is 2. The van der Waals surface area contributed by atoms with Crippen molar-refractivity contribution in [3.63, 3.8) is 0 Å². The zero-order chi connectivity index (χ0) is 18.7. The highest BCUT2D eigenvalue weighted by atomic mass is 35.5. The minimum atomic E-state index is -1.07. The molecule has 1 heterocycles. The topological polar surface area (TPSA) is 64.6 Å². The Kier molecular flexibility index (Phi) is 5.42. The molecule has 0 unspecified atom stereocenters. The Hall–Kier alpha value is -2.60. The van der Waals surface area contributed by atoms with Crippen molar-refractivity contribution >= 4 is 29.2 Å². The monoisotopic (exact) mass is 377 g/mol. The van der Waals surface area contributed by atoms with Crippen LogP contribution < -0.4 is 10.1 Å². The maximum absolute atomic E-state index is 13.6. The molecular weight excluding hydrogens is 361 g/mol. The molecule has 2 atom stereocenters. The standard InChI is InChI=1S/C19H17ClFNO4/c1-11(18(23)22-16-5-3-2-4-15(16)21)26-19(24)13-8-12-9-14(20)6-7-17(12)25-10-13/h2-7,9,11,13H,8,10H2,1H3,(H,22,23)/t11-,13+/m0/s1. The van der Waals surface area contributed by atoms with Crippen LogP contribution in [-0.4, -0.2) is 24.6 Å². The van der Waals surface area contributed by atoms with Crippen LogP contribution in [0.15, 0.2) is 42.5 Å². The largest absolute Gasteiger partial charge is 0.492 e. The lowest BCUT2D eigenvalue weighted by Crippen LogP contribution is -2.36. The number of amides is 1. The number of rotatable bonds is 4. The van der Waals surface area contributed by atoms with Crippen LogP contribution in [-0.2, 0) is 20.7 Å². The number of carbonyl (C=O) groups is 2. The molecule has 3 rings (SSSR count). The van der Waals surface area contributed by atoms with Gasteiger partial charge >= 0.3 is 5.97 Å². The predicted molar refractivity (Wildman–Crippen MR) is 94.7 cm³/mol. The molecule has 1 N–H and O–H groups in total. The average molecular weight is 378 g/mol. The van der Waals surface area contributed by atoms with E-state index >= 15 is 0 Å². The van der Waals surface area contributed by atoms with Crippen molar-refractivity contribution in [3.05, 3.63) is 58.9 Å². The lowest BCUT2D eigenvalue weighted by molar-refractivity contribution is -0.158. The van der Waals surface area contributed by atoms with E-state index in [0.29, 0.717) is 17.2 Å². The molecule has 2 aromatic rings. The molecule has 2 aromatic carbocycles. The number of carbonyl (C=O) groups excluding carboxylic acids is 2. The van der Waals surface area contributed by atoms with Gasteiger partial charge in [-0.2, -0.15) is 0 Å². The Morgan fingerprint density at radius 2 is 2.08 bits per heavy atom. The zero-order valence-corrected chi connectivity index (χ0v) is 14.8. The molecule has 0 aromatic heterocycles. The molecule has 0 saturated carbocycles. The third-order valence-corrected chi connectivity index (χ3v) is 4.29. The lowest BCUT2D eigenvalue weighted by Gasteiger charge is -2.25. The van der Waals surface area contributed by atoms with E-state index < -0.39 is 29.7 Å². The number of anilines is 1. The second kappa shape index (κ2) is 7.74. The van der Waals surface area contributed by atoms with Gasteiger partial charge in [0.05, 0.1) is 11.6 Å². The van der Waals surface area contributed by atoms with Crippen molar-refractivity contribution in [2.75, 3.05) is 11.9 Å². The molecule has 0 fully saturated rings. The van der Waals surface area contributed by atoms with Gasteiger partial charge in [-0.15, -0.1) is 0 Å². The summed E-state index contributed by atoms with van der Waals surface area (Å²) in [4.78, 5) is 24.5. The Bertz CT molecular complexity index is 842. The number of para-hydroxylation sites is 1. The van der Waals surface area contributed by atoms with E-state index in [0.717, 1.165) is 5.56 Å². The quantitative estimate of drug-likeness (QED) is 0.827. The summed E-state index contributed by atoms with van der Waals surface area (Å²) in [5, 5.41) is 2.96. The van der Waals surface area contributed by atoms with Crippen LogP contribution in [0.25, 0.3) is 0 Å². The number of hydrogen-bond donors (Lipinski definition) is 1. The first-order valence-electron chi connectivity index (χ1n) is 8.11. The minimum absolute atomic E-state index is 0.0324. The first kappa shape index (κ1) is 18.2. The number of nitrogens with one attached hydrogen (secondary N) is 1. The summed E-state index contributed by atoms with van der Waals surface area (Å²) in [6.07, 6.45) is -0.654. The summed E-state index contributed by atoms with van der Waals surface area (Å²) >= 11 is 5.96. The van der Waals surface area contributed by atoms with Gasteiger partial charge in [-0.05, 0) is 49.2 Å². The van der Waals surface area contributed by atoms with E-state index in [1.807, 2.05) is 0 Å². The third-order valence-electron chi connectivity index (χ3n) is 4.06. The van der Waals surface area contributed by atoms with E-state index in [9.17, 15) is 14.0 Å². The van der Waals surface area contributed by atoms with Crippen LogP contribution in [0.2, 0.25) is 5.02 Å². The summed E-state index contributed by atoms with van der Waals surface area (Å²) in [7, 11) is 0. The second-order valence-electron chi connectivity index (χ2n) is 6.01. The molecular formula is C19H17ClFNO4. The number of hydrogen-bond acceptors (Lipinski definition) is 4. The van der Waals surface area contributed by atoms with Crippen molar-refractivity contribution in [3.8, 4) is 5.75 Å². The second-order valence-corrected chi connectivity index (χ2v) is 6.45. The highest BCUT2D eigenvalue weighted by Crippen LogP contribution is 2.30. The van der Waals surface area contributed by atoms with Crippen LogP contribution in [0.4, 0.5) is 10.1 Å². The van der Waals surface area contributed by atoms with Gasteiger partial charge in [0, 0.05) is 5.02 Å². The summed E-state index contributed by atoms with van der Waals surface area (Å²) in [6.45, 7) is 1.59. The number of esters is 1. The van der Waals surface area contributed by atoms with E-state index in [1.165, 1.54) is 25.1 Å². The molecule has 1 aliphatic rings.